The van der Waals surface area contributed by atoms with Crippen LogP contribution in [0, 0.1) is 6.92 Å². The molecule has 0 spiro atoms. The highest BCUT2D eigenvalue weighted by Crippen LogP contribution is 2.17. The van der Waals surface area contributed by atoms with Crippen LogP contribution in [0.3, 0.4) is 0 Å². The van der Waals surface area contributed by atoms with E-state index < -0.39 is 10.1 Å². The molecule has 3 aliphatic rings. The van der Waals surface area contributed by atoms with Gasteiger partial charge >= 0.3 is 0 Å². The molecule has 0 saturated carbocycles. The number of nitrogens with one attached hydrogen (secondary N) is 1. The normalized spacial score (nSPS) is 25.7. The quantitative estimate of drug-likeness (QED) is 0.745. The van der Waals surface area contributed by atoms with E-state index in [1.165, 1.54) is 18.6 Å². The van der Waals surface area contributed by atoms with Crippen molar-refractivity contribution in [2.24, 2.45) is 0 Å². The third kappa shape index (κ3) is 3.52. The topological polar surface area (TPSA) is 75.6 Å². The Hall–Kier alpha value is -0.950. The van der Waals surface area contributed by atoms with Crippen LogP contribution in [0.2, 0.25) is 0 Å². The predicted molar refractivity (Wildman–Crippen MR) is 67.1 cm³/mol. The lowest BCUT2D eigenvalue weighted by Gasteiger charge is -2.42. The number of ether oxygens (including phenoxy) is 1. The predicted octanol–water partition coefficient (Wildman–Crippen LogP) is 0.989. The Kier molecular flexibility index (Phi) is 4.01. The van der Waals surface area contributed by atoms with Gasteiger partial charge in [0, 0.05) is 12.1 Å². The highest BCUT2D eigenvalue weighted by Gasteiger charge is 2.32. The van der Waals surface area contributed by atoms with Crippen LogP contribution in [0.1, 0.15) is 12.0 Å². The Bertz CT molecular complexity index is 478. The lowest BCUT2D eigenvalue weighted by molar-refractivity contribution is -0.0172. The van der Waals surface area contributed by atoms with Gasteiger partial charge in [0.1, 0.15) is 0 Å². The number of fused-ring (bicyclic) bond motifs is 2. The van der Waals surface area contributed by atoms with Crippen molar-refractivity contribution in [3.8, 4) is 0 Å². The monoisotopic (exact) mass is 271 g/mol. The lowest BCUT2D eigenvalue weighted by atomic mass is 9.96. The van der Waals surface area contributed by atoms with Crippen molar-refractivity contribution in [2.45, 2.75) is 30.3 Å². The third-order valence-corrected chi connectivity index (χ3v) is 3.87. The summed E-state index contributed by atoms with van der Waals surface area (Å²) in [6, 6.07) is 7.40. The van der Waals surface area contributed by atoms with Crippen LogP contribution in [0.5, 0.6) is 0 Å². The van der Waals surface area contributed by atoms with Gasteiger partial charge < -0.3 is 10.1 Å². The summed E-state index contributed by atoms with van der Waals surface area (Å²) in [6.45, 7) is 3.72. The van der Waals surface area contributed by atoms with Crippen molar-refractivity contribution in [1.29, 1.82) is 0 Å². The fourth-order valence-electron chi connectivity index (χ4n) is 1.95. The number of benzene rings is 1. The summed E-state index contributed by atoms with van der Waals surface area (Å²) in [7, 11) is -4.02. The molecule has 2 N–H and O–H groups in total. The highest BCUT2D eigenvalue weighted by molar-refractivity contribution is 7.85. The third-order valence-electron chi connectivity index (χ3n) is 3.00. The van der Waals surface area contributed by atoms with E-state index in [1.54, 1.807) is 12.1 Å². The first kappa shape index (κ1) is 13.5. The molecule has 0 amide bonds. The maximum absolute atomic E-state index is 10.5. The zero-order valence-electron chi connectivity index (χ0n) is 10.2. The SMILES string of the molecule is C1OCC2CC1N2.Cc1ccc(S(=O)(=O)O)cc1. The second-order valence-electron chi connectivity index (χ2n) is 4.62. The number of hydrogen-bond donors (Lipinski definition) is 2. The number of hydrogen-bond acceptors (Lipinski definition) is 4. The average molecular weight is 271 g/mol. The van der Waals surface area contributed by atoms with Crippen LogP contribution < -0.4 is 5.32 Å². The van der Waals surface area contributed by atoms with E-state index in [1.807, 2.05) is 6.92 Å². The van der Waals surface area contributed by atoms with Crippen LogP contribution in [0.4, 0.5) is 0 Å². The van der Waals surface area contributed by atoms with E-state index in [0.717, 1.165) is 18.8 Å². The summed E-state index contributed by atoms with van der Waals surface area (Å²) in [6.07, 6.45) is 1.35. The minimum atomic E-state index is -4.02. The Morgan fingerprint density at radius 2 is 1.72 bits per heavy atom. The molecule has 1 aromatic rings. The van der Waals surface area contributed by atoms with Crippen LogP contribution in [0.15, 0.2) is 29.2 Å². The summed E-state index contributed by atoms with van der Waals surface area (Å²) < 4.78 is 34.7. The smallest absolute Gasteiger partial charge is 0.294 e. The molecule has 3 aliphatic heterocycles. The molecular weight excluding hydrogens is 254 g/mol. The number of morpholine rings is 1. The lowest BCUT2D eigenvalue weighted by Crippen LogP contribution is -2.60. The molecule has 18 heavy (non-hydrogen) atoms. The molecular formula is C12H17NO4S. The molecule has 1 aromatic carbocycles. The summed E-state index contributed by atoms with van der Waals surface area (Å²) in [4.78, 5) is -0.0666. The largest absolute Gasteiger partial charge is 0.378 e. The Labute approximate surface area is 107 Å². The number of rotatable bonds is 1. The van der Waals surface area contributed by atoms with Crippen LogP contribution in [0.25, 0.3) is 0 Å². The minimum absolute atomic E-state index is 0.0666. The fourth-order valence-corrected chi connectivity index (χ4v) is 2.43. The summed E-state index contributed by atoms with van der Waals surface area (Å²) in [5.41, 5.74) is 0.956. The second kappa shape index (κ2) is 5.36. The van der Waals surface area contributed by atoms with Crippen molar-refractivity contribution < 1.29 is 17.7 Å². The maximum Gasteiger partial charge on any atom is 0.294 e. The molecule has 3 heterocycles. The van der Waals surface area contributed by atoms with E-state index in [-0.39, 0.29) is 4.90 Å². The molecule has 2 unspecified atom stereocenters. The first-order chi connectivity index (χ1) is 8.45. The zero-order chi connectivity index (χ0) is 13.2. The highest BCUT2D eigenvalue weighted by atomic mass is 32.2. The summed E-state index contributed by atoms with van der Waals surface area (Å²) >= 11 is 0. The van der Waals surface area contributed by atoms with E-state index in [2.05, 4.69) is 5.32 Å². The van der Waals surface area contributed by atoms with Crippen molar-refractivity contribution in [1.82, 2.24) is 5.32 Å². The van der Waals surface area contributed by atoms with Gasteiger partial charge in [-0.3, -0.25) is 4.55 Å². The molecule has 3 saturated heterocycles. The average Bonchev–Trinajstić information content (AvgIpc) is 2.29. The van der Waals surface area contributed by atoms with Gasteiger partial charge in [-0.1, -0.05) is 17.7 Å². The standard InChI is InChI=1S/C7H8O3S.C5H9NO/c1-6-2-4-7(5-3-6)11(8,9)10;1-4-2-7-3-5(1)6-4/h2-5H,1H3,(H,8,9,10);4-6H,1-3H2. The molecule has 3 fully saturated rings. The van der Waals surface area contributed by atoms with Crippen molar-refractivity contribution in [3.05, 3.63) is 29.8 Å². The molecule has 4 rings (SSSR count). The molecule has 2 bridgehead atoms. The van der Waals surface area contributed by atoms with E-state index in [9.17, 15) is 8.42 Å². The molecule has 0 aromatic heterocycles. The molecule has 100 valence electrons. The first-order valence-corrected chi connectivity index (χ1v) is 7.27. The minimum Gasteiger partial charge on any atom is -0.378 e. The van der Waals surface area contributed by atoms with E-state index in [0.29, 0.717) is 12.1 Å². The molecule has 0 radical (unpaired) electrons. The van der Waals surface area contributed by atoms with Crippen LogP contribution in [-0.2, 0) is 14.9 Å². The van der Waals surface area contributed by atoms with Gasteiger partial charge in [0.05, 0.1) is 18.1 Å². The van der Waals surface area contributed by atoms with Gasteiger partial charge in [0.25, 0.3) is 10.1 Å². The van der Waals surface area contributed by atoms with Crippen molar-refractivity contribution in [3.63, 3.8) is 0 Å². The van der Waals surface area contributed by atoms with Gasteiger partial charge in [-0.2, -0.15) is 8.42 Å². The van der Waals surface area contributed by atoms with Crippen molar-refractivity contribution in [2.75, 3.05) is 13.2 Å². The van der Waals surface area contributed by atoms with Gasteiger partial charge in [0.15, 0.2) is 0 Å². The van der Waals surface area contributed by atoms with E-state index >= 15 is 0 Å². The molecule has 2 atom stereocenters. The van der Waals surface area contributed by atoms with Gasteiger partial charge in [-0.25, -0.2) is 0 Å². The molecule has 5 nitrogen and oxygen atoms in total. The summed E-state index contributed by atoms with van der Waals surface area (Å²) in [5.74, 6) is 0. The van der Waals surface area contributed by atoms with Gasteiger partial charge in [0.2, 0.25) is 0 Å². The Morgan fingerprint density at radius 1 is 1.22 bits per heavy atom. The first-order valence-electron chi connectivity index (χ1n) is 5.83. The zero-order valence-corrected chi connectivity index (χ0v) is 11.0. The second-order valence-corrected chi connectivity index (χ2v) is 6.04. The van der Waals surface area contributed by atoms with E-state index in [4.69, 9.17) is 9.29 Å². The fraction of sp³-hybridized carbons (Fsp3) is 0.500. The van der Waals surface area contributed by atoms with Gasteiger partial charge in [-0.15, -0.1) is 0 Å². The van der Waals surface area contributed by atoms with Crippen LogP contribution >= 0.6 is 0 Å². The molecule has 6 heteroatoms. The molecule has 0 aliphatic carbocycles. The maximum atomic E-state index is 10.5. The summed E-state index contributed by atoms with van der Waals surface area (Å²) in [5, 5.41) is 3.35. The Morgan fingerprint density at radius 3 is 2.00 bits per heavy atom. The number of aryl methyl sites for hydroxylation is 1. The van der Waals surface area contributed by atoms with Crippen LogP contribution in [-0.4, -0.2) is 38.3 Å². The van der Waals surface area contributed by atoms with Gasteiger partial charge in [-0.05, 0) is 25.5 Å². The van der Waals surface area contributed by atoms with Crippen molar-refractivity contribution >= 4 is 10.1 Å². The Balaban J connectivity index is 0.000000146.